The molecule has 2 N–H and O–H groups in total. The van der Waals surface area contributed by atoms with Crippen LogP contribution in [0, 0.1) is 0 Å². The lowest BCUT2D eigenvalue weighted by Gasteiger charge is -2.16. The lowest BCUT2D eigenvalue weighted by molar-refractivity contribution is -0.122. The highest BCUT2D eigenvalue weighted by Gasteiger charge is 2.19. The largest absolute Gasteiger partial charge is 0.355 e. The lowest BCUT2D eigenvalue weighted by atomic mass is 10.1. The Balaban J connectivity index is 1.75. The topological polar surface area (TPSA) is 54.0 Å². The van der Waals surface area contributed by atoms with E-state index in [1.54, 1.807) is 0 Å². The summed E-state index contributed by atoms with van der Waals surface area (Å²) in [6.07, 6.45) is 6.76. The molecule has 104 valence electrons. The van der Waals surface area contributed by atoms with Gasteiger partial charge in [-0.25, -0.2) is 0 Å². The van der Waals surface area contributed by atoms with Gasteiger partial charge in [0.05, 0.1) is 6.04 Å². The van der Waals surface area contributed by atoms with Crippen molar-refractivity contribution in [1.82, 2.24) is 15.6 Å². The van der Waals surface area contributed by atoms with Crippen molar-refractivity contribution in [2.45, 2.75) is 31.8 Å². The van der Waals surface area contributed by atoms with Gasteiger partial charge in [0, 0.05) is 30.9 Å². The summed E-state index contributed by atoms with van der Waals surface area (Å²) in [5, 5.41) is 8.68. The summed E-state index contributed by atoms with van der Waals surface area (Å²) in [4.78, 5) is 16.1. The third-order valence-corrected chi connectivity index (χ3v) is 3.85. The predicted molar refractivity (Wildman–Crippen MR) is 79.2 cm³/mol. The third-order valence-electron chi connectivity index (χ3n) is 3.85. The van der Waals surface area contributed by atoms with Crippen molar-refractivity contribution in [3.63, 3.8) is 0 Å². The second-order valence-electron chi connectivity index (χ2n) is 5.23. The van der Waals surface area contributed by atoms with Crippen molar-refractivity contribution in [2.75, 3.05) is 6.54 Å². The zero-order valence-corrected chi connectivity index (χ0v) is 11.4. The quantitative estimate of drug-likeness (QED) is 0.896. The molecule has 0 spiro atoms. The van der Waals surface area contributed by atoms with E-state index in [1.807, 2.05) is 24.5 Å². The summed E-state index contributed by atoms with van der Waals surface area (Å²) in [5.74, 6) is 0.129. The van der Waals surface area contributed by atoms with E-state index in [0.29, 0.717) is 6.54 Å². The van der Waals surface area contributed by atoms with E-state index >= 15 is 0 Å². The van der Waals surface area contributed by atoms with E-state index in [1.165, 1.54) is 10.9 Å². The summed E-state index contributed by atoms with van der Waals surface area (Å²) < 4.78 is 0. The van der Waals surface area contributed by atoms with E-state index < -0.39 is 0 Å². The second kappa shape index (κ2) is 6.01. The Bertz CT molecular complexity index is 606. The highest BCUT2D eigenvalue weighted by molar-refractivity contribution is 5.85. The molecule has 1 saturated heterocycles. The molecule has 1 atom stereocenters. The van der Waals surface area contributed by atoms with Gasteiger partial charge in [-0.2, -0.15) is 0 Å². The predicted octanol–water partition coefficient (Wildman–Crippen LogP) is 1.99. The molecule has 1 aromatic carbocycles. The molecular weight excluding hydrogens is 250 g/mol. The van der Waals surface area contributed by atoms with Gasteiger partial charge in [-0.15, -0.1) is 0 Å². The van der Waals surface area contributed by atoms with Crippen molar-refractivity contribution >= 4 is 16.7 Å². The van der Waals surface area contributed by atoms with Crippen molar-refractivity contribution < 1.29 is 4.79 Å². The molecule has 3 rings (SSSR count). The number of carbonyl (C=O) groups is 1. The van der Waals surface area contributed by atoms with Gasteiger partial charge in [0.15, 0.2) is 0 Å². The van der Waals surface area contributed by atoms with Crippen LogP contribution in [0.5, 0.6) is 0 Å². The number of nitrogens with one attached hydrogen (secondary N) is 2. The number of benzene rings is 1. The van der Waals surface area contributed by atoms with Crippen LogP contribution in [-0.2, 0) is 11.3 Å². The van der Waals surface area contributed by atoms with E-state index in [0.717, 1.165) is 31.2 Å². The molecule has 0 bridgehead atoms. The Morgan fingerprint density at radius 3 is 3.20 bits per heavy atom. The summed E-state index contributed by atoms with van der Waals surface area (Å²) in [5.41, 5.74) is 1.21. The van der Waals surface area contributed by atoms with Gasteiger partial charge in [-0.1, -0.05) is 18.2 Å². The summed E-state index contributed by atoms with van der Waals surface area (Å²) in [7, 11) is 0. The maximum Gasteiger partial charge on any atom is 0.237 e. The smallest absolute Gasteiger partial charge is 0.237 e. The fraction of sp³-hybridized carbons (Fsp3) is 0.375. The highest BCUT2D eigenvalue weighted by atomic mass is 16.2. The third kappa shape index (κ3) is 2.80. The molecule has 1 aliphatic heterocycles. The number of hydrogen-bond acceptors (Lipinski definition) is 3. The Kier molecular flexibility index (Phi) is 3.92. The Hall–Kier alpha value is -1.94. The van der Waals surface area contributed by atoms with Gasteiger partial charge in [-0.05, 0) is 36.3 Å². The Labute approximate surface area is 118 Å². The van der Waals surface area contributed by atoms with Gasteiger partial charge in [-0.3, -0.25) is 9.78 Å². The number of pyridine rings is 1. The molecule has 4 nitrogen and oxygen atoms in total. The van der Waals surface area contributed by atoms with Crippen LogP contribution in [0.25, 0.3) is 10.8 Å². The molecule has 1 fully saturated rings. The van der Waals surface area contributed by atoms with E-state index in [-0.39, 0.29) is 11.9 Å². The van der Waals surface area contributed by atoms with Crippen LogP contribution in [-0.4, -0.2) is 23.5 Å². The number of nitrogens with zero attached hydrogens (tertiary/aromatic N) is 1. The molecule has 2 aromatic rings. The van der Waals surface area contributed by atoms with Gasteiger partial charge in [0.1, 0.15) is 0 Å². The van der Waals surface area contributed by atoms with Gasteiger partial charge in [0.25, 0.3) is 0 Å². The molecule has 1 unspecified atom stereocenters. The first-order valence-corrected chi connectivity index (χ1v) is 7.17. The number of fused-ring (bicyclic) bond motifs is 1. The zero-order chi connectivity index (χ0) is 13.8. The second-order valence-corrected chi connectivity index (χ2v) is 5.23. The first-order valence-electron chi connectivity index (χ1n) is 7.17. The number of carbonyl (C=O) groups excluding carboxylic acids is 1. The first-order chi connectivity index (χ1) is 9.84. The van der Waals surface area contributed by atoms with Gasteiger partial charge in [0.2, 0.25) is 5.91 Å². The van der Waals surface area contributed by atoms with Gasteiger partial charge >= 0.3 is 0 Å². The fourth-order valence-electron chi connectivity index (χ4n) is 2.71. The molecule has 2 heterocycles. The number of rotatable bonds is 3. The number of hydrogen-bond donors (Lipinski definition) is 2. The summed E-state index contributed by atoms with van der Waals surface area (Å²) >= 11 is 0. The average molecular weight is 269 g/mol. The molecule has 4 heteroatoms. The fourth-order valence-corrected chi connectivity index (χ4v) is 2.71. The van der Waals surface area contributed by atoms with Crippen LogP contribution in [0.4, 0.5) is 0 Å². The van der Waals surface area contributed by atoms with E-state index in [2.05, 4.69) is 27.8 Å². The standard InChI is InChI=1S/C16H19N3O/c20-16-15(6-1-2-8-18-16)19-11-13-5-3-4-12-10-17-9-7-14(12)13/h3-5,7,9-10,15,19H,1-2,6,8,11H2,(H,18,20). The minimum Gasteiger partial charge on any atom is -0.355 e. The van der Waals surface area contributed by atoms with Crippen LogP contribution in [0.1, 0.15) is 24.8 Å². The maximum absolute atomic E-state index is 11.9. The molecule has 1 aliphatic rings. The SMILES string of the molecule is O=C1NCCCCC1NCc1cccc2cnccc12. The van der Waals surface area contributed by atoms with Crippen LogP contribution < -0.4 is 10.6 Å². The molecular formula is C16H19N3O. The van der Waals surface area contributed by atoms with Crippen molar-refractivity contribution in [3.8, 4) is 0 Å². The number of amides is 1. The van der Waals surface area contributed by atoms with E-state index in [4.69, 9.17) is 0 Å². The molecule has 0 saturated carbocycles. The summed E-state index contributed by atoms with van der Waals surface area (Å²) in [6.45, 7) is 1.51. The molecule has 0 radical (unpaired) electrons. The van der Waals surface area contributed by atoms with Crippen LogP contribution in [0.15, 0.2) is 36.7 Å². The van der Waals surface area contributed by atoms with Crippen LogP contribution in [0.2, 0.25) is 0 Å². The first kappa shape index (κ1) is 13.1. The monoisotopic (exact) mass is 269 g/mol. The summed E-state index contributed by atoms with van der Waals surface area (Å²) in [6, 6.07) is 8.15. The highest BCUT2D eigenvalue weighted by Crippen LogP contribution is 2.17. The average Bonchev–Trinajstić information content (AvgIpc) is 2.69. The molecule has 1 amide bonds. The van der Waals surface area contributed by atoms with Crippen LogP contribution in [0.3, 0.4) is 0 Å². The van der Waals surface area contributed by atoms with Crippen molar-refractivity contribution in [2.24, 2.45) is 0 Å². The molecule has 1 aromatic heterocycles. The molecule has 0 aliphatic carbocycles. The van der Waals surface area contributed by atoms with Crippen molar-refractivity contribution in [3.05, 3.63) is 42.2 Å². The van der Waals surface area contributed by atoms with Crippen LogP contribution >= 0.6 is 0 Å². The normalized spacial score (nSPS) is 19.6. The Morgan fingerprint density at radius 2 is 2.25 bits per heavy atom. The van der Waals surface area contributed by atoms with E-state index in [9.17, 15) is 4.79 Å². The van der Waals surface area contributed by atoms with Crippen molar-refractivity contribution in [1.29, 1.82) is 0 Å². The maximum atomic E-state index is 11.9. The van der Waals surface area contributed by atoms with Gasteiger partial charge < -0.3 is 10.6 Å². The Morgan fingerprint density at radius 1 is 1.30 bits per heavy atom. The minimum atomic E-state index is -0.0745. The minimum absolute atomic E-state index is 0.0745. The number of aromatic nitrogens is 1. The zero-order valence-electron chi connectivity index (χ0n) is 11.4. The lowest BCUT2D eigenvalue weighted by Crippen LogP contribution is -2.42. The molecule has 20 heavy (non-hydrogen) atoms.